The summed E-state index contributed by atoms with van der Waals surface area (Å²) < 4.78 is 11.6. The van der Waals surface area contributed by atoms with Gasteiger partial charge in [-0.1, -0.05) is 49.7 Å². The molecule has 1 amide bonds. The van der Waals surface area contributed by atoms with E-state index in [9.17, 15) is 4.79 Å². The topological polar surface area (TPSA) is 64.4 Å². The fourth-order valence-corrected chi connectivity index (χ4v) is 3.65. The maximum atomic E-state index is 12.4. The van der Waals surface area contributed by atoms with E-state index in [1.54, 1.807) is 12.1 Å². The average molecular weight is 449 g/mol. The summed E-state index contributed by atoms with van der Waals surface area (Å²) in [5.41, 5.74) is 5.38. The van der Waals surface area contributed by atoms with Crippen molar-refractivity contribution >= 4 is 34.3 Å². The van der Waals surface area contributed by atoms with Gasteiger partial charge < -0.3 is 14.5 Å². The van der Waals surface area contributed by atoms with Crippen LogP contribution in [-0.4, -0.2) is 17.5 Å². The van der Waals surface area contributed by atoms with Gasteiger partial charge in [-0.3, -0.25) is 4.79 Å². The summed E-state index contributed by atoms with van der Waals surface area (Å²) in [7, 11) is 0. The number of hydrogen-bond donors (Lipinski definition) is 1. The second kappa shape index (κ2) is 9.45. The molecule has 1 aromatic heterocycles. The number of nitrogens with one attached hydrogen (secondary N) is 1. The molecule has 4 aromatic rings. The maximum Gasteiger partial charge on any atom is 0.262 e. The van der Waals surface area contributed by atoms with E-state index in [0.29, 0.717) is 34.5 Å². The smallest absolute Gasteiger partial charge is 0.262 e. The maximum absolute atomic E-state index is 12.4. The Kier molecular flexibility index (Phi) is 6.47. The molecule has 1 heterocycles. The van der Waals surface area contributed by atoms with Crippen molar-refractivity contribution in [3.8, 4) is 5.75 Å². The Labute approximate surface area is 192 Å². The number of carbonyl (C=O) groups excluding carboxylic acids is 1. The summed E-state index contributed by atoms with van der Waals surface area (Å²) in [6.07, 6.45) is 0.551. The number of fused-ring (bicyclic) bond motifs is 1. The normalized spacial score (nSPS) is 11.2. The SMILES string of the molecule is Cc1ccc(C(C)C)c(OCC(=O)Nc2ccc(Cc3nc4cc(Cl)ccc4o3)cc2)c1. The van der Waals surface area contributed by atoms with Crippen LogP contribution in [0.4, 0.5) is 5.69 Å². The first-order chi connectivity index (χ1) is 15.4. The molecule has 32 heavy (non-hydrogen) atoms. The second-order valence-electron chi connectivity index (χ2n) is 8.13. The highest BCUT2D eigenvalue weighted by molar-refractivity contribution is 6.31. The number of aromatic nitrogens is 1. The van der Waals surface area contributed by atoms with Crippen LogP contribution in [-0.2, 0) is 11.2 Å². The summed E-state index contributed by atoms with van der Waals surface area (Å²) in [6, 6.07) is 19.1. The Balaban J connectivity index is 1.35. The molecular formula is C26H25ClN2O3. The molecular weight excluding hydrogens is 424 g/mol. The van der Waals surface area contributed by atoms with Crippen molar-refractivity contribution < 1.29 is 13.9 Å². The molecule has 0 spiro atoms. The minimum Gasteiger partial charge on any atom is -0.483 e. The van der Waals surface area contributed by atoms with Crippen LogP contribution in [0.5, 0.6) is 5.75 Å². The quantitative estimate of drug-likeness (QED) is 0.349. The van der Waals surface area contributed by atoms with Crippen LogP contribution < -0.4 is 10.1 Å². The number of rotatable bonds is 7. The Hall–Kier alpha value is -3.31. The Morgan fingerprint density at radius 2 is 1.88 bits per heavy atom. The van der Waals surface area contributed by atoms with Crippen molar-refractivity contribution in [2.24, 2.45) is 0 Å². The van der Waals surface area contributed by atoms with E-state index < -0.39 is 0 Å². The van der Waals surface area contributed by atoms with Crippen molar-refractivity contribution in [2.75, 3.05) is 11.9 Å². The van der Waals surface area contributed by atoms with Gasteiger partial charge in [-0.25, -0.2) is 4.98 Å². The zero-order valence-corrected chi connectivity index (χ0v) is 19.1. The largest absolute Gasteiger partial charge is 0.483 e. The summed E-state index contributed by atoms with van der Waals surface area (Å²) >= 11 is 6.01. The third kappa shape index (κ3) is 5.29. The van der Waals surface area contributed by atoms with Crippen LogP contribution in [0.25, 0.3) is 11.1 Å². The van der Waals surface area contributed by atoms with Gasteiger partial charge in [0.15, 0.2) is 18.1 Å². The van der Waals surface area contributed by atoms with Gasteiger partial charge in [0.1, 0.15) is 11.3 Å². The summed E-state index contributed by atoms with van der Waals surface area (Å²) in [6.45, 7) is 6.18. The van der Waals surface area contributed by atoms with Crippen LogP contribution >= 0.6 is 11.6 Å². The minimum atomic E-state index is -0.204. The minimum absolute atomic E-state index is 0.0452. The standard InChI is InChI=1S/C26H25ClN2O3/c1-16(2)21-10-4-17(3)12-24(21)31-15-25(30)28-20-8-5-18(6-9-20)13-26-29-22-14-19(27)7-11-23(22)32-26/h4-12,14,16H,13,15H2,1-3H3,(H,28,30). The molecule has 4 rings (SSSR count). The monoisotopic (exact) mass is 448 g/mol. The van der Waals surface area contributed by atoms with Crippen molar-refractivity contribution in [1.82, 2.24) is 4.98 Å². The van der Waals surface area contributed by atoms with Gasteiger partial charge in [0, 0.05) is 17.1 Å². The average Bonchev–Trinajstić information content (AvgIpc) is 3.14. The summed E-state index contributed by atoms with van der Waals surface area (Å²) in [5.74, 6) is 1.49. The number of amides is 1. The van der Waals surface area contributed by atoms with Gasteiger partial charge in [-0.15, -0.1) is 0 Å². The van der Waals surface area contributed by atoms with Crippen molar-refractivity contribution in [3.05, 3.63) is 88.3 Å². The van der Waals surface area contributed by atoms with Gasteiger partial charge >= 0.3 is 0 Å². The number of benzene rings is 3. The van der Waals surface area contributed by atoms with Crippen molar-refractivity contribution in [3.63, 3.8) is 0 Å². The third-order valence-corrected chi connectivity index (χ3v) is 5.37. The molecule has 0 aliphatic rings. The Morgan fingerprint density at radius 3 is 2.62 bits per heavy atom. The molecule has 6 heteroatoms. The highest BCUT2D eigenvalue weighted by atomic mass is 35.5. The van der Waals surface area contributed by atoms with E-state index >= 15 is 0 Å². The molecule has 1 N–H and O–H groups in total. The lowest BCUT2D eigenvalue weighted by Crippen LogP contribution is -2.20. The van der Waals surface area contributed by atoms with Crippen LogP contribution in [0, 0.1) is 6.92 Å². The molecule has 5 nitrogen and oxygen atoms in total. The van der Waals surface area contributed by atoms with E-state index in [2.05, 4.69) is 36.3 Å². The predicted octanol–water partition coefficient (Wildman–Crippen LogP) is 6.52. The zero-order chi connectivity index (χ0) is 22.7. The highest BCUT2D eigenvalue weighted by Gasteiger charge is 2.11. The summed E-state index contributed by atoms with van der Waals surface area (Å²) in [5, 5.41) is 3.51. The number of ether oxygens (including phenoxy) is 1. The van der Waals surface area contributed by atoms with Gasteiger partial charge in [0.05, 0.1) is 0 Å². The van der Waals surface area contributed by atoms with Gasteiger partial charge in [-0.05, 0) is 65.9 Å². The second-order valence-corrected chi connectivity index (χ2v) is 8.56. The van der Waals surface area contributed by atoms with E-state index in [-0.39, 0.29) is 12.5 Å². The molecule has 0 saturated carbocycles. The highest BCUT2D eigenvalue weighted by Crippen LogP contribution is 2.27. The third-order valence-electron chi connectivity index (χ3n) is 5.14. The molecule has 0 saturated heterocycles. The fraction of sp³-hybridized carbons (Fsp3) is 0.231. The van der Waals surface area contributed by atoms with Crippen molar-refractivity contribution in [1.29, 1.82) is 0 Å². The molecule has 3 aromatic carbocycles. The lowest BCUT2D eigenvalue weighted by molar-refractivity contribution is -0.118. The first-order valence-corrected chi connectivity index (χ1v) is 10.9. The molecule has 0 radical (unpaired) electrons. The van der Waals surface area contributed by atoms with Crippen LogP contribution in [0.2, 0.25) is 5.02 Å². The number of aryl methyl sites for hydroxylation is 1. The zero-order valence-electron chi connectivity index (χ0n) is 18.3. The molecule has 0 fully saturated rings. The van der Waals surface area contributed by atoms with Crippen molar-refractivity contribution in [2.45, 2.75) is 33.1 Å². The first kappa shape index (κ1) is 21.9. The van der Waals surface area contributed by atoms with E-state index in [1.165, 1.54) is 0 Å². The van der Waals surface area contributed by atoms with Gasteiger partial charge in [0.2, 0.25) is 0 Å². The molecule has 0 aliphatic carbocycles. The number of halogens is 1. The fourth-order valence-electron chi connectivity index (χ4n) is 3.49. The van der Waals surface area contributed by atoms with E-state index in [4.69, 9.17) is 20.8 Å². The first-order valence-electron chi connectivity index (χ1n) is 10.5. The van der Waals surface area contributed by atoms with Crippen LogP contribution in [0.1, 0.15) is 42.3 Å². The number of anilines is 1. The van der Waals surface area contributed by atoms with Crippen LogP contribution in [0.15, 0.2) is 65.1 Å². The Bertz CT molecular complexity index is 1250. The molecule has 0 atom stereocenters. The van der Waals surface area contributed by atoms with E-state index in [0.717, 1.165) is 28.0 Å². The van der Waals surface area contributed by atoms with Gasteiger partial charge in [0.25, 0.3) is 5.91 Å². The number of hydrogen-bond acceptors (Lipinski definition) is 4. The molecule has 0 unspecified atom stereocenters. The number of oxazole rings is 1. The van der Waals surface area contributed by atoms with Crippen LogP contribution in [0.3, 0.4) is 0 Å². The number of carbonyl (C=O) groups is 1. The number of nitrogens with zero attached hydrogens (tertiary/aromatic N) is 1. The lowest BCUT2D eigenvalue weighted by Gasteiger charge is -2.15. The summed E-state index contributed by atoms with van der Waals surface area (Å²) in [4.78, 5) is 16.9. The van der Waals surface area contributed by atoms with E-state index in [1.807, 2.05) is 43.3 Å². The molecule has 0 aliphatic heterocycles. The predicted molar refractivity (Wildman–Crippen MR) is 128 cm³/mol. The Morgan fingerprint density at radius 1 is 1.09 bits per heavy atom. The van der Waals surface area contributed by atoms with Gasteiger partial charge in [-0.2, -0.15) is 0 Å². The molecule has 0 bridgehead atoms. The molecule has 164 valence electrons. The lowest BCUT2D eigenvalue weighted by atomic mass is 10.0.